The number of rotatable bonds is 4. The fourth-order valence-corrected chi connectivity index (χ4v) is 4.03. The Morgan fingerprint density at radius 1 is 0.964 bits per heavy atom. The number of carbonyl (C=O) groups excluding carboxylic acids is 1. The van der Waals surface area contributed by atoms with E-state index in [1.165, 1.54) is 12.8 Å². The van der Waals surface area contributed by atoms with E-state index in [-0.39, 0.29) is 5.91 Å². The first kappa shape index (κ1) is 17.0. The maximum absolute atomic E-state index is 12.9. The molecule has 142 valence electrons. The Morgan fingerprint density at radius 2 is 1.71 bits per heavy atom. The van der Waals surface area contributed by atoms with Crippen LogP contribution in [0.15, 0.2) is 49.1 Å². The Bertz CT molecular complexity index is 982. The molecule has 1 saturated carbocycles. The number of piperidine rings is 1. The van der Waals surface area contributed by atoms with Gasteiger partial charge in [-0.2, -0.15) is 0 Å². The fourth-order valence-electron chi connectivity index (χ4n) is 4.03. The SMILES string of the molecule is O=C(c1cnc2ccccc2n1)N1CCC(N(c2ccncn2)C2CC2)CC1. The summed E-state index contributed by atoms with van der Waals surface area (Å²) in [5.41, 5.74) is 1.99. The van der Waals surface area contributed by atoms with Crippen LogP contribution in [-0.4, -0.2) is 55.9 Å². The molecular formula is C21H22N6O. The number of fused-ring (bicyclic) bond motifs is 1. The number of aromatic nitrogens is 4. The lowest BCUT2D eigenvalue weighted by Crippen LogP contribution is -2.48. The van der Waals surface area contributed by atoms with Crippen LogP contribution in [0.2, 0.25) is 0 Å². The van der Waals surface area contributed by atoms with Crippen LogP contribution in [0.5, 0.6) is 0 Å². The van der Waals surface area contributed by atoms with Crippen molar-refractivity contribution in [2.75, 3.05) is 18.0 Å². The second-order valence-corrected chi connectivity index (χ2v) is 7.47. The van der Waals surface area contributed by atoms with Gasteiger partial charge < -0.3 is 9.80 Å². The molecule has 0 radical (unpaired) electrons. The van der Waals surface area contributed by atoms with E-state index < -0.39 is 0 Å². The van der Waals surface area contributed by atoms with E-state index in [4.69, 9.17) is 0 Å². The smallest absolute Gasteiger partial charge is 0.274 e. The number of nitrogens with zero attached hydrogens (tertiary/aromatic N) is 6. The lowest BCUT2D eigenvalue weighted by atomic mass is 10.0. The van der Waals surface area contributed by atoms with Crippen LogP contribution in [0.4, 0.5) is 5.82 Å². The molecule has 3 heterocycles. The number of hydrogen-bond acceptors (Lipinski definition) is 6. The summed E-state index contributed by atoms with van der Waals surface area (Å²) >= 11 is 0. The summed E-state index contributed by atoms with van der Waals surface area (Å²) in [6, 6.07) is 10.6. The van der Waals surface area contributed by atoms with E-state index in [0.717, 1.165) is 42.8 Å². The second-order valence-electron chi connectivity index (χ2n) is 7.47. The predicted molar refractivity (Wildman–Crippen MR) is 106 cm³/mol. The van der Waals surface area contributed by atoms with Crippen LogP contribution in [-0.2, 0) is 0 Å². The van der Waals surface area contributed by atoms with Gasteiger partial charge in [0.25, 0.3) is 5.91 Å². The molecule has 2 fully saturated rings. The molecule has 2 aliphatic rings. The first-order chi connectivity index (χ1) is 13.8. The largest absolute Gasteiger partial charge is 0.350 e. The van der Waals surface area contributed by atoms with Gasteiger partial charge in [-0.25, -0.2) is 15.0 Å². The minimum Gasteiger partial charge on any atom is -0.350 e. The van der Waals surface area contributed by atoms with E-state index >= 15 is 0 Å². The van der Waals surface area contributed by atoms with Crippen LogP contribution in [0, 0.1) is 0 Å². The van der Waals surface area contributed by atoms with Crippen molar-refractivity contribution in [1.82, 2.24) is 24.8 Å². The van der Waals surface area contributed by atoms with Crippen LogP contribution >= 0.6 is 0 Å². The zero-order valence-electron chi connectivity index (χ0n) is 15.6. The van der Waals surface area contributed by atoms with Gasteiger partial charge in [-0.15, -0.1) is 0 Å². The normalized spacial score (nSPS) is 17.6. The lowest BCUT2D eigenvalue weighted by molar-refractivity contribution is 0.0706. The van der Waals surface area contributed by atoms with E-state index in [9.17, 15) is 4.79 Å². The van der Waals surface area contributed by atoms with E-state index in [2.05, 4.69) is 24.8 Å². The molecule has 7 nitrogen and oxygen atoms in total. The molecule has 0 N–H and O–H groups in total. The van der Waals surface area contributed by atoms with Crippen LogP contribution in [0.3, 0.4) is 0 Å². The van der Waals surface area contributed by atoms with Crippen molar-refractivity contribution < 1.29 is 4.79 Å². The Labute approximate surface area is 163 Å². The van der Waals surface area contributed by atoms with Crippen LogP contribution in [0.25, 0.3) is 11.0 Å². The zero-order chi connectivity index (χ0) is 18.9. The number of benzene rings is 1. The van der Waals surface area contributed by atoms with Gasteiger partial charge in [-0.3, -0.25) is 9.78 Å². The molecule has 1 aliphatic carbocycles. The molecule has 1 aliphatic heterocycles. The third-order valence-electron chi connectivity index (χ3n) is 5.58. The van der Waals surface area contributed by atoms with Crippen molar-refractivity contribution in [3.63, 3.8) is 0 Å². The summed E-state index contributed by atoms with van der Waals surface area (Å²) in [5, 5.41) is 0. The molecule has 0 spiro atoms. The molecule has 3 aromatic rings. The molecule has 28 heavy (non-hydrogen) atoms. The Hall–Kier alpha value is -3.09. The highest BCUT2D eigenvalue weighted by molar-refractivity contribution is 5.93. The fraction of sp³-hybridized carbons (Fsp3) is 0.381. The van der Waals surface area contributed by atoms with Crippen molar-refractivity contribution in [2.24, 2.45) is 0 Å². The second kappa shape index (κ2) is 7.14. The monoisotopic (exact) mass is 374 g/mol. The molecule has 7 heteroatoms. The molecule has 2 aromatic heterocycles. The van der Waals surface area contributed by atoms with E-state index in [0.29, 0.717) is 17.8 Å². The summed E-state index contributed by atoms with van der Waals surface area (Å²) in [4.78, 5) is 34.7. The van der Waals surface area contributed by atoms with Gasteiger partial charge in [-0.1, -0.05) is 12.1 Å². The molecule has 1 aromatic carbocycles. The van der Waals surface area contributed by atoms with Gasteiger partial charge in [0.2, 0.25) is 0 Å². The minimum absolute atomic E-state index is 0.0308. The molecule has 5 rings (SSSR count). The number of para-hydroxylation sites is 2. The van der Waals surface area contributed by atoms with Gasteiger partial charge in [0.1, 0.15) is 17.8 Å². The Kier molecular flexibility index (Phi) is 4.35. The number of carbonyl (C=O) groups is 1. The first-order valence-corrected chi connectivity index (χ1v) is 9.85. The van der Waals surface area contributed by atoms with E-state index in [1.54, 1.807) is 18.7 Å². The highest BCUT2D eigenvalue weighted by Crippen LogP contribution is 2.35. The molecule has 0 bridgehead atoms. The highest BCUT2D eigenvalue weighted by Gasteiger charge is 2.37. The average molecular weight is 374 g/mol. The maximum Gasteiger partial charge on any atom is 0.274 e. The third kappa shape index (κ3) is 3.28. The minimum atomic E-state index is -0.0308. The quantitative estimate of drug-likeness (QED) is 0.699. The number of likely N-dealkylation sites (tertiary alicyclic amines) is 1. The molecular weight excluding hydrogens is 352 g/mol. The maximum atomic E-state index is 12.9. The van der Waals surface area contributed by atoms with Gasteiger partial charge >= 0.3 is 0 Å². The summed E-state index contributed by atoms with van der Waals surface area (Å²) in [5.74, 6) is 0.972. The molecule has 1 amide bonds. The Morgan fingerprint density at radius 3 is 2.43 bits per heavy atom. The van der Waals surface area contributed by atoms with Gasteiger partial charge in [0.15, 0.2) is 0 Å². The summed E-state index contributed by atoms with van der Waals surface area (Å²) < 4.78 is 0. The summed E-state index contributed by atoms with van der Waals surface area (Å²) in [6.45, 7) is 1.46. The van der Waals surface area contributed by atoms with Gasteiger partial charge in [-0.05, 0) is 43.9 Å². The summed E-state index contributed by atoms with van der Waals surface area (Å²) in [6.07, 6.45) is 9.32. The number of hydrogen-bond donors (Lipinski definition) is 0. The summed E-state index contributed by atoms with van der Waals surface area (Å²) in [7, 11) is 0. The molecule has 0 unspecified atom stereocenters. The third-order valence-corrected chi connectivity index (χ3v) is 5.58. The van der Waals surface area contributed by atoms with Crippen molar-refractivity contribution in [1.29, 1.82) is 0 Å². The van der Waals surface area contributed by atoms with Crippen molar-refractivity contribution in [3.8, 4) is 0 Å². The lowest BCUT2D eigenvalue weighted by Gasteiger charge is -2.39. The van der Waals surface area contributed by atoms with Crippen molar-refractivity contribution in [2.45, 2.75) is 37.8 Å². The zero-order valence-corrected chi connectivity index (χ0v) is 15.6. The number of amides is 1. The van der Waals surface area contributed by atoms with Crippen molar-refractivity contribution in [3.05, 3.63) is 54.7 Å². The van der Waals surface area contributed by atoms with Gasteiger partial charge in [0.05, 0.1) is 17.2 Å². The number of anilines is 1. The molecule has 1 saturated heterocycles. The topological polar surface area (TPSA) is 75.1 Å². The average Bonchev–Trinajstić information content (AvgIpc) is 3.59. The first-order valence-electron chi connectivity index (χ1n) is 9.85. The Balaban J connectivity index is 1.29. The van der Waals surface area contributed by atoms with E-state index in [1.807, 2.05) is 35.2 Å². The standard InChI is InChI=1S/C21H22N6O/c28-21(19-13-23-17-3-1-2-4-18(17)25-19)26-11-8-16(9-12-26)27(15-5-6-15)20-7-10-22-14-24-20/h1-4,7,10,13-16H,5-6,8-9,11-12H2. The van der Waals surface area contributed by atoms with Crippen LogP contribution < -0.4 is 4.90 Å². The van der Waals surface area contributed by atoms with Gasteiger partial charge in [0, 0.05) is 31.4 Å². The van der Waals surface area contributed by atoms with Crippen molar-refractivity contribution >= 4 is 22.8 Å². The molecule has 0 atom stereocenters. The highest BCUT2D eigenvalue weighted by atomic mass is 16.2. The predicted octanol–water partition coefficient (Wildman–Crippen LogP) is 2.69. The van der Waals surface area contributed by atoms with Crippen LogP contribution in [0.1, 0.15) is 36.2 Å².